The Bertz CT molecular complexity index is 791. The molecule has 3 N–H and O–H groups in total. The number of likely N-dealkylation sites (N-methyl/N-ethyl adjacent to an activating group) is 1. The Balaban J connectivity index is 1.70. The summed E-state index contributed by atoms with van der Waals surface area (Å²) in [7, 11) is 4.48. The van der Waals surface area contributed by atoms with Crippen molar-refractivity contribution in [3.8, 4) is 5.69 Å². The van der Waals surface area contributed by atoms with E-state index >= 15 is 0 Å². The quantitative estimate of drug-likeness (QED) is 0.662. The second kappa shape index (κ2) is 7.95. The first-order chi connectivity index (χ1) is 12.1. The standard InChI is InChI=1S/C20H26N4S/c1-15-18(16(2)24(22-15)17-9-6-5-7-10-17)13-21-14-19(23(3)4)20-11-8-12-25-20/h5-12,19,21H,13-14H2,1-4H3/p+2/t19-/m0/s1. The number of nitrogens with zero attached hydrogens (tertiary/aromatic N) is 2. The maximum atomic E-state index is 4.76. The van der Waals surface area contributed by atoms with Crippen molar-refractivity contribution in [1.29, 1.82) is 0 Å². The Kier molecular flexibility index (Phi) is 5.68. The first kappa shape index (κ1) is 17.9. The summed E-state index contributed by atoms with van der Waals surface area (Å²) >= 11 is 1.86. The van der Waals surface area contributed by atoms with E-state index in [1.54, 1.807) is 0 Å². The summed E-state index contributed by atoms with van der Waals surface area (Å²) in [6.45, 7) is 6.34. The molecule has 0 saturated carbocycles. The van der Waals surface area contributed by atoms with Crippen molar-refractivity contribution in [2.24, 2.45) is 0 Å². The molecule has 4 nitrogen and oxygen atoms in total. The van der Waals surface area contributed by atoms with Crippen LogP contribution in [0.4, 0.5) is 0 Å². The molecule has 0 radical (unpaired) electrons. The van der Waals surface area contributed by atoms with Crippen LogP contribution in [0, 0.1) is 13.8 Å². The summed E-state index contributed by atoms with van der Waals surface area (Å²) < 4.78 is 2.06. The minimum Gasteiger partial charge on any atom is -0.337 e. The fourth-order valence-corrected chi connectivity index (χ4v) is 4.28. The number of nitrogens with one attached hydrogen (secondary N) is 1. The predicted octanol–water partition coefficient (Wildman–Crippen LogP) is 1.50. The Morgan fingerprint density at radius 2 is 1.88 bits per heavy atom. The van der Waals surface area contributed by atoms with Crippen LogP contribution in [-0.2, 0) is 6.54 Å². The number of rotatable bonds is 7. The molecule has 0 bridgehead atoms. The number of hydrogen-bond donors (Lipinski definition) is 2. The molecule has 2 heterocycles. The molecule has 3 rings (SSSR count). The normalized spacial score (nSPS) is 12.7. The molecule has 5 heteroatoms. The Morgan fingerprint density at radius 1 is 1.12 bits per heavy atom. The highest BCUT2D eigenvalue weighted by molar-refractivity contribution is 7.10. The number of nitrogens with two attached hydrogens (primary N) is 1. The van der Waals surface area contributed by atoms with Crippen molar-refractivity contribution >= 4 is 11.3 Å². The highest BCUT2D eigenvalue weighted by atomic mass is 32.1. The van der Waals surface area contributed by atoms with Crippen LogP contribution >= 0.6 is 11.3 Å². The zero-order valence-corrected chi connectivity index (χ0v) is 16.3. The molecule has 0 amide bonds. The molecule has 25 heavy (non-hydrogen) atoms. The van der Waals surface area contributed by atoms with Crippen LogP contribution in [-0.4, -0.2) is 30.4 Å². The van der Waals surface area contributed by atoms with Gasteiger partial charge in [-0.1, -0.05) is 24.3 Å². The SMILES string of the molecule is Cc1nn(-c2ccccc2)c(C)c1C[NH2+]C[C@@H](c1cccs1)[NH+](C)C. The van der Waals surface area contributed by atoms with E-state index in [4.69, 9.17) is 5.10 Å². The molecular formula is C20H28N4S+2. The minimum absolute atomic E-state index is 0.532. The highest BCUT2D eigenvalue weighted by Gasteiger charge is 2.21. The molecule has 0 fully saturated rings. The number of aryl methyl sites for hydroxylation is 1. The van der Waals surface area contributed by atoms with E-state index in [0.29, 0.717) is 6.04 Å². The molecular weight excluding hydrogens is 328 g/mol. The molecule has 3 aromatic rings. The minimum atomic E-state index is 0.532. The molecule has 0 aliphatic heterocycles. The molecule has 0 unspecified atom stereocenters. The third-order valence-corrected chi connectivity index (χ3v) is 5.76. The lowest BCUT2D eigenvalue weighted by Gasteiger charge is -2.18. The summed E-state index contributed by atoms with van der Waals surface area (Å²) in [5, 5.41) is 9.35. The van der Waals surface area contributed by atoms with Crippen molar-refractivity contribution < 1.29 is 10.2 Å². The van der Waals surface area contributed by atoms with Crippen LogP contribution in [0.5, 0.6) is 0 Å². The van der Waals surface area contributed by atoms with Gasteiger partial charge in [0.15, 0.2) is 6.04 Å². The van der Waals surface area contributed by atoms with Crippen molar-refractivity contribution in [2.75, 3.05) is 20.6 Å². The number of thiophene rings is 1. The number of benzene rings is 1. The first-order valence-corrected chi connectivity index (χ1v) is 9.71. The third-order valence-electron chi connectivity index (χ3n) is 4.78. The van der Waals surface area contributed by atoms with E-state index in [-0.39, 0.29) is 0 Å². The van der Waals surface area contributed by atoms with Gasteiger partial charge in [0, 0.05) is 0 Å². The predicted molar refractivity (Wildman–Crippen MR) is 103 cm³/mol. The molecule has 1 atom stereocenters. The van der Waals surface area contributed by atoms with Crippen LogP contribution in [0.2, 0.25) is 0 Å². The third kappa shape index (κ3) is 4.00. The van der Waals surface area contributed by atoms with Gasteiger partial charge in [-0.05, 0) is 37.4 Å². The number of aromatic nitrogens is 2. The topological polar surface area (TPSA) is 38.9 Å². The van der Waals surface area contributed by atoms with Gasteiger partial charge in [-0.3, -0.25) is 0 Å². The lowest BCUT2D eigenvalue weighted by atomic mass is 10.1. The van der Waals surface area contributed by atoms with Crippen LogP contribution in [0.3, 0.4) is 0 Å². The first-order valence-electron chi connectivity index (χ1n) is 8.83. The van der Waals surface area contributed by atoms with Crippen LogP contribution < -0.4 is 10.2 Å². The second-order valence-electron chi connectivity index (χ2n) is 6.77. The van der Waals surface area contributed by atoms with Crippen LogP contribution in [0.1, 0.15) is 27.9 Å². The lowest BCUT2D eigenvalue weighted by molar-refractivity contribution is -0.910. The van der Waals surface area contributed by atoms with Gasteiger partial charge in [0.05, 0.1) is 41.6 Å². The van der Waals surface area contributed by atoms with Crippen molar-refractivity contribution in [3.63, 3.8) is 0 Å². The summed E-state index contributed by atoms with van der Waals surface area (Å²) in [4.78, 5) is 2.94. The van der Waals surface area contributed by atoms with E-state index in [1.807, 2.05) is 17.4 Å². The van der Waals surface area contributed by atoms with Crippen molar-refractivity contribution in [2.45, 2.75) is 26.4 Å². The Morgan fingerprint density at radius 3 is 2.52 bits per heavy atom. The molecule has 0 aliphatic rings. The van der Waals surface area contributed by atoms with E-state index in [2.05, 4.69) is 79.7 Å². The Labute approximate surface area is 154 Å². The molecule has 1 aromatic carbocycles. The van der Waals surface area contributed by atoms with Gasteiger partial charge in [-0.25, -0.2) is 4.68 Å². The monoisotopic (exact) mass is 356 g/mol. The smallest absolute Gasteiger partial charge is 0.171 e. The largest absolute Gasteiger partial charge is 0.337 e. The zero-order valence-electron chi connectivity index (χ0n) is 15.5. The fourth-order valence-electron chi connectivity index (χ4n) is 3.31. The van der Waals surface area contributed by atoms with Crippen LogP contribution in [0.15, 0.2) is 47.8 Å². The molecule has 2 aromatic heterocycles. The maximum Gasteiger partial charge on any atom is 0.171 e. The number of quaternary nitrogens is 2. The summed E-state index contributed by atoms with van der Waals surface area (Å²) in [6.07, 6.45) is 0. The summed E-state index contributed by atoms with van der Waals surface area (Å²) in [5.74, 6) is 0. The van der Waals surface area contributed by atoms with Gasteiger partial charge in [-0.2, -0.15) is 5.10 Å². The average molecular weight is 357 g/mol. The summed E-state index contributed by atoms with van der Waals surface area (Å²) in [6, 6.07) is 15.3. The summed E-state index contributed by atoms with van der Waals surface area (Å²) in [5.41, 5.74) is 4.85. The molecule has 0 aliphatic carbocycles. The van der Waals surface area contributed by atoms with E-state index in [9.17, 15) is 0 Å². The maximum absolute atomic E-state index is 4.76. The highest BCUT2D eigenvalue weighted by Crippen LogP contribution is 2.17. The van der Waals surface area contributed by atoms with E-state index in [1.165, 1.54) is 21.0 Å². The zero-order chi connectivity index (χ0) is 17.8. The molecule has 0 saturated heterocycles. The van der Waals surface area contributed by atoms with Gasteiger partial charge in [-0.15, -0.1) is 11.3 Å². The Hall–Kier alpha value is -1.95. The van der Waals surface area contributed by atoms with E-state index in [0.717, 1.165) is 24.5 Å². The number of para-hydroxylation sites is 1. The van der Waals surface area contributed by atoms with E-state index < -0.39 is 0 Å². The van der Waals surface area contributed by atoms with Gasteiger partial charge in [0.2, 0.25) is 0 Å². The fraction of sp³-hybridized carbons (Fsp3) is 0.350. The van der Waals surface area contributed by atoms with Crippen molar-refractivity contribution in [1.82, 2.24) is 9.78 Å². The van der Waals surface area contributed by atoms with Crippen molar-refractivity contribution in [3.05, 3.63) is 69.7 Å². The number of hydrogen-bond acceptors (Lipinski definition) is 2. The van der Waals surface area contributed by atoms with Gasteiger partial charge in [0.25, 0.3) is 0 Å². The van der Waals surface area contributed by atoms with Gasteiger partial charge in [0.1, 0.15) is 13.1 Å². The van der Waals surface area contributed by atoms with Gasteiger partial charge < -0.3 is 10.2 Å². The average Bonchev–Trinajstić information content (AvgIpc) is 3.22. The lowest BCUT2D eigenvalue weighted by Crippen LogP contribution is -3.09. The van der Waals surface area contributed by atoms with Gasteiger partial charge >= 0.3 is 0 Å². The van der Waals surface area contributed by atoms with Crippen LogP contribution in [0.25, 0.3) is 5.69 Å². The molecule has 132 valence electrons. The molecule has 0 spiro atoms. The second-order valence-corrected chi connectivity index (χ2v) is 7.75.